The van der Waals surface area contributed by atoms with Crippen LogP contribution in [0.3, 0.4) is 0 Å². The zero-order valence-corrected chi connectivity index (χ0v) is 9.51. The van der Waals surface area contributed by atoms with Crippen molar-refractivity contribution in [3.8, 4) is 10.9 Å². The molecule has 0 aliphatic carbocycles. The number of para-hydroxylation sites is 2. The Balaban J connectivity index is 2.23. The van der Waals surface area contributed by atoms with E-state index in [2.05, 4.69) is 20.9 Å². The largest absolute Gasteiger partial charge is 0.429 e. The van der Waals surface area contributed by atoms with Crippen molar-refractivity contribution in [3.63, 3.8) is 0 Å². The molecule has 0 atom stereocenters. The van der Waals surface area contributed by atoms with E-state index in [9.17, 15) is 0 Å². The highest BCUT2D eigenvalue weighted by Gasteiger charge is 2.04. The number of hydrogen-bond acceptors (Lipinski definition) is 4. The molecule has 5 heteroatoms. The molecule has 0 spiro atoms. The van der Waals surface area contributed by atoms with Crippen molar-refractivity contribution in [3.05, 3.63) is 34.2 Å². The monoisotopic (exact) mass is 270 g/mol. The number of hydrogen-bond donors (Lipinski definition) is 1. The lowest BCUT2D eigenvalue weighted by atomic mass is 10.3. The van der Waals surface area contributed by atoms with Gasteiger partial charge in [-0.2, -0.15) is 4.98 Å². The quantitative estimate of drug-likeness (QED) is 0.853. The summed E-state index contributed by atoms with van der Waals surface area (Å²) in [6.45, 7) is 0. The van der Waals surface area contributed by atoms with Crippen LogP contribution in [0.1, 0.15) is 0 Å². The SMILES string of the molecule is Nc1ccccc1Oc1nc(Br)cs1. The minimum atomic E-state index is 0.578. The van der Waals surface area contributed by atoms with Gasteiger partial charge in [0, 0.05) is 5.38 Å². The summed E-state index contributed by atoms with van der Waals surface area (Å²) < 4.78 is 6.25. The standard InChI is InChI=1S/C9H7BrN2OS/c10-8-5-14-9(12-8)13-7-4-2-1-3-6(7)11/h1-5H,11H2. The van der Waals surface area contributed by atoms with Crippen molar-refractivity contribution < 1.29 is 4.74 Å². The molecule has 0 aliphatic heterocycles. The van der Waals surface area contributed by atoms with E-state index in [0.29, 0.717) is 16.6 Å². The summed E-state index contributed by atoms with van der Waals surface area (Å²) in [4.78, 5) is 4.10. The van der Waals surface area contributed by atoms with Gasteiger partial charge in [-0.05, 0) is 28.1 Å². The summed E-state index contributed by atoms with van der Waals surface area (Å²) in [5.41, 5.74) is 6.33. The Morgan fingerprint density at radius 3 is 2.79 bits per heavy atom. The Bertz CT molecular complexity index is 444. The van der Waals surface area contributed by atoms with Crippen molar-refractivity contribution in [2.45, 2.75) is 0 Å². The molecule has 2 aromatic rings. The summed E-state index contributed by atoms with van der Waals surface area (Å²) in [7, 11) is 0. The van der Waals surface area contributed by atoms with Crippen LogP contribution in [0.2, 0.25) is 0 Å². The number of nitrogens with zero attached hydrogens (tertiary/aromatic N) is 1. The first-order valence-corrected chi connectivity index (χ1v) is 5.56. The van der Waals surface area contributed by atoms with Crippen molar-refractivity contribution in [2.24, 2.45) is 0 Å². The molecule has 0 saturated carbocycles. The lowest BCUT2D eigenvalue weighted by Crippen LogP contribution is -1.90. The van der Waals surface area contributed by atoms with Gasteiger partial charge in [0.15, 0.2) is 5.75 Å². The Morgan fingerprint density at radius 2 is 2.14 bits per heavy atom. The maximum absolute atomic E-state index is 5.72. The fraction of sp³-hybridized carbons (Fsp3) is 0. The normalized spacial score (nSPS) is 10.1. The summed E-state index contributed by atoms with van der Waals surface area (Å²) in [6.07, 6.45) is 0. The van der Waals surface area contributed by atoms with Crippen LogP contribution in [-0.2, 0) is 0 Å². The average molecular weight is 271 g/mol. The Kier molecular flexibility index (Phi) is 2.69. The lowest BCUT2D eigenvalue weighted by Gasteiger charge is -2.03. The molecular formula is C9H7BrN2OS. The van der Waals surface area contributed by atoms with Crippen LogP contribution < -0.4 is 10.5 Å². The highest BCUT2D eigenvalue weighted by Crippen LogP contribution is 2.30. The van der Waals surface area contributed by atoms with Crippen LogP contribution in [0.4, 0.5) is 5.69 Å². The molecule has 14 heavy (non-hydrogen) atoms. The molecule has 0 radical (unpaired) electrons. The average Bonchev–Trinajstić information content (AvgIpc) is 2.56. The van der Waals surface area contributed by atoms with Gasteiger partial charge in [0.1, 0.15) is 4.60 Å². The van der Waals surface area contributed by atoms with E-state index in [1.165, 1.54) is 11.3 Å². The van der Waals surface area contributed by atoms with E-state index in [0.717, 1.165) is 4.60 Å². The van der Waals surface area contributed by atoms with Gasteiger partial charge in [-0.3, -0.25) is 0 Å². The maximum atomic E-state index is 5.72. The number of anilines is 1. The number of ether oxygens (including phenoxy) is 1. The van der Waals surface area contributed by atoms with E-state index in [-0.39, 0.29) is 0 Å². The topological polar surface area (TPSA) is 48.1 Å². The number of nitrogen functional groups attached to an aromatic ring is 1. The molecule has 1 aromatic carbocycles. The summed E-state index contributed by atoms with van der Waals surface area (Å²) in [5, 5.41) is 2.43. The van der Waals surface area contributed by atoms with Crippen LogP contribution in [0, 0.1) is 0 Å². The van der Waals surface area contributed by atoms with Gasteiger partial charge in [-0.1, -0.05) is 23.5 Å². The number of halogens is 1. The molecule has 1 aromatic heterocycles. The van der Waals surface area contributed by atoms with Gasteiger partial charge in [0.05, 0.1) is 5.69 Å². The van der Waals surface area contributed by atoms with Crippen molar-refractivity contribution in [1.29, 1.82) is 0 Å². The van der Waals surface area contributed by atoms with Crippen LogP contribution in [-0.4, -0.2) is 4.98 Å². The minimum absolute atomic E-state index is 0.578. The number of benzene rings is 1. The zero-order valence-electron chi connectivity index (χ0n) is 7.11. The summed E-state index contributed by atoms with van der Waals surface area (Å²) in [6, 6.07) is 7.33. The minimum Gasteiger partial charge on any atom is -0.429 e. The number of aromatic nitrogens is 1. The van der Waals surface area contributed by atoms with Crippen molar-refractivity contribution in [2.75, 3.05) is 5.73 Å². The number of nitrogens with two attached hydrogens (primary N) is 1. The molecule has 0 bridgehead atoms. The van der Waals surface area contributed by atoms with Gasteiger partial charge in [-0.15, -0.1) is 0 Å². The highest BCUT2D eigenvalue weighted by atomic mass is 79.9. The fourth-order valence-corrected chi connectivity index (χ4v) is 2.05. The zero-order chi connectivity index (χ0) is 9.97. The Labute approximate surface area is 93.7 Å². The Hall–Kier alpha value is -1.07. The molecular weight excluding hydrogens is 264 g/mol. The Morgan fingerprint density at radius 1 is 1.36 bits per heavy atom. The molecule has 0 aliphatic rings. The maximum Gasteiger partial charge on any atom is 0.279 e. The number of rotatable bonds is 2. The summed E-state index contributed by atoms with van der Waals surface area (Å²) >= 11 is 4.67. The lowest BCUT2D eigenvalue weighted by molar-refractivity contribution is 0.480. The van der Waals surface area contributed by atoms with Crippen LogP contribution in [0.15, 0.2) is 34.2 Å². The van der Waals surface area contributed by atoms with E-state index in [4.69, 9.17) is 10.5 Å². The van der Waals surface area contributed by atoms with E-state index in [1.807, 2.05) is 23.6 Å². The second-order valence-corrected chi connectivity index (χ2v) is 4.21. The van der Waals surface area contributed by atoms with E-state index < -0.39 is 0 Å². The second kappa shape index (κ2) is 3.98. The van der Waals surface area contributed by atoms with Gasteiger partial charge in [0.2, 0.25) is 0 Å². The van der Waals surface area contributed by atoms with Gasteiger partial charge in [-0.25, -0.2) is 0 Å². The predicted octanol–water partition coefficient (Wildman–Crippen LogP) is 3.28. The van der Waals surface area contributed by atoms with E-state index in [1.54, 1.807) is 6.07 Å². The molecule has 2 rings (SSSR count). The molecule has 1 heterocycles. The van der Waals surface area contributed by atoms with Gasteiger partial charge in [0.25, 0.3) is 5.19 Å². The fourth-order valence-electron chi connectivity index (χ4n) is 0.953. The summed E-state index contributed by atoms with van der Waals surface area (Å²) in [5.74, 6) is 0.634. The third-order valence-electron chi connectivity index (χ3n) is 1.57. The van der Waals surface area contributed by atoms with Crippen molar-refractivity contribution in [1.82, 2.24) is 4.98 Å². The first-order chi connectivity index (χ1) is 6.75. The van der Waals surface area contributed by atoms with Gasteiger partial charge < -0.3 is 10.5 Å². The molecule has 0 saturated heterocycles. The predicted molar refractivity (Wildman–Crippen MR) is 60.7 cm³/mol. The first-order valence-electron chi connectivity index (χ1n) is 3.89. The smallest absolute Gasteiger partial charge is 0.279 e. The number of thiazole rings is 1. The molecule has 0 fully saturated rings. The van der Waals surface area contributed by atoms with E-state index >= 15 is 0 Å². The molecule has 0 amide bonds. The van der Waals surface area contributed by atoms with Crippen LogP contribution in [0.5, 0.6) is 10.9 Å². The van der Waals surface area contributed by atoms with Crippen molar-refractivity contribution >= 4 is 33.0 Å². The van der Waals surface area contributed by atoms with Crippen LogP contribution in [0.25, 0.3) is 0 Å². The highest BCUT2D eigenvalue weighted by molar-refractivity contribution is 9.10. The van der Waals surface area contributed by atoms with Gasteiger partial charge >= 0.3 is 0 Å². The second-order valence-electron chi connectivity index (χ2n) is 2.58. The third kappa shape index (κ3) is 2.05. The third-order valence-corrected chi connectivity index (χ3v) is 3.00. The molecule has 3 nitrogen and oxygen atoms in total. The molecule has 2 N–H and O–H groups in total. The first kappa shape index (κ1) is 9.48. The molecule has 0 unspecified atom stereocenters. The molecule has 72 valence electrons. The van der Waals surface area contributed by atoms with Crippen LogP contribution >= 0.6 is 27.3 Å².